The third kappa shape index (κ3) is 13.3. The van der Waals surface area contributed by atoms with Gasteiger partial charge in [-0.25, -0.2) is 0 Å². The molecular formula is C8H18MgO2. The van der Waals surface area contributed by atoms with Crippen molar-refractivity contribution in [2.45, 2.75) is 45.4 Å². The Morgan fingerprint density at radius 3 is 2.27 bits per heavy atom. The fourth-order valence-electron chi connectivity index (χ4n) is 0.880. The summed E-state index contributed by atoms with van der Waals surface area (Å²) >= 11 is 0. The van der Waals surface area contributed by atoms with E-state index in [1.54, 1.807) is 0 Å². The van der Waals surface area contributed by atoms with Crippen molar-refractivity contribution in [1.82, 2.24) is 0 Å². The van der Waals surface area contributed by atoms with Crippen molar-refractivity contribution in [3.8, 4) is 0 Å². The van der Waals surface area contributed by atoms with Crippen LogP contribution in [-0.4, -0.2) is 34.1 Å². The molecule has 0 saturated carbocycles. The molecule has 1 N–H and O–H groups in total. The first-order chi connectivity index (χ1) is 4.77. The summed E-state index contributed by atoms with van der Waals surface area (Å²) in [4.78, 5) is 10.0. The van der Waals surface area contributed by atoms with E-state index < -0.39 is 5.97 Å². The molecule has 2 nitrogen and oxygen atoms in total. The first-order valence-corrected chi connectivity index (χ1v) is 3.99. The van der Waals surface area contributed by atoms with Gasteiger partial charge in [0.15, 0.2) is 0 Å². The SMILES string of the molecule is CCCCCCCC(=O)O.[H-].[H-].[Mg+2]. The van der Waals surface area contributed by atoms with Gasteiger partial charge in [-0.05, 0) is 6.42 Å². The van der Waals surface area contributed by atoms with Crippen molar-refractivity contribution >= 4 is 29.0 Å². The topological polar surface area (TPSA) is 37.3 Å². The van der Waals surface area contributed by atoms with Crippen LogP contribution in [-0.2, 0) is 4.79 Å². The van der Waals surface area contributed by atoms with Crippen molar-refractivity contribution in [1.29, 1.82) is 0 Å². The molecule has 0 bridgehead atoms. The first-order valence-electron chi connectivity index (χ1n) is 3.99. The second-order valence-electron chi connectivity index (χ2n) is 2.56. The molecule has 3 heteroatoms. The van der Waals surface area contributed by atoms with Gasteiger partial charge in [0.05, 0.1) is 0 Å². The zero-order valence-corrected chi connectivity index (χ0v) is 8.72. The number of hydrogen-bond donors (Lipinski definition) is 1. The van der Waals surface area contributed by atoms with Crippen LogP contribution in [0.4, 0.5) is 0 Å². The van der Waals surface area contributed by atoms with Gasteiger partial charge in [0.25, 0.3) is 0 Å². The van der Waals surface area contributed by atoms with E-state index in [-0.39, 0.29) is 25.9 Å². The van der Waals surface area contributed by atoms with E-state index >= 15 is 0 Å². The van der Waals surface area contributed by atoms with Crippen LogP contribution in [0, 0.1) is 0 Å². The van der Waals surface area contributed by atoms with Crippen LogP contribution in [0.2, 0.25) is 0 Å². The van der Waals surface area contributed by atoms with Crippen LogP contribution in [0.5, 0.6) is 0 Å². The summed E-state index contributed by atoms with van der Waals surface area (Å²) in [6, 6.07) is 0. The van der Waals surface area contributed by atoms with Gasteiger partial charge in [0, 0.05) is 6.42 Å². The van der Waals surface area contributed by atoms with Gasteiger partial charge >= 0.3 is 29.0 Å². The zero-order chi connectivity index (χ0) is 7.82. The first kappa shape index (κ1) is 13.8. The average Bonchev–Trinajstić information content (AvgIpc) is 1.87. The standard InChI is InChI=1S/C8H16O2.Mg.2H/c1-2-3-4-5-6-7-8(9)10;;;/h2-7H2,1H3,(H,9,10);;;/q;+2;2*-1. The normalized spacial score (nSPS) is 8.82. The number of rotatable bonds is 6. The molecule has 0 radical (unpaired) electrons. The number of carboxylic acids is 1. The Morgan fingerprint density at radius 1 is 1.27 bits per heavy atom. The summed E-state index contributed by atoms with van der Waals surface area (Å²) < 4.78 is 0. The largest absolute Gasteiger partial charge is 2.00 e. The Balaban J connectivity index is -0.000000135. The molecule has 0 aliphatic heterocycles. The number of aliphatic carboxylic acids is 1. The third-order valence-corrected chi connectivity index (χ3v) is 1.49. The van der Waals surface area contributed by atoms with Crippen molar-refractivity contribution in [2.75, 3.05) is 0 Å². The van der Waals surface area contributed by atoms with Crippen LogP contribution in [0.25, 0.3) is 0 Å². The Morgan fingerprint density at radius 2 is 1.82 bits per heavy atom. The summed E-state index contributed by atoms with van der Waals surface area (Å²) in [7, 11) is 0. The molecule has 0 aliphatic carbocycles. The van der Waals surface area contributed by atoms with Gasteiger partial charge in [0.2, 0.25) is 0 Å². The van der Waals surface area contributed by atoms with E-state index in [1.165, 1.54) is 19.3 Å². The number of unbranched alkanes of at least 4 members (excludes halogenated alkanes) is 4. The maximum atomic E-state index is 10.0. The predicted octanol–water partition coefficient (Wildman–Crippen LogP) is 2.28. The molecule has 0 fully saturated rings. The molecule has 0 amide bonds. The monoisotopic (exact) mass is 170 g/mol. The molecule has 0 saturated heterocycles. The van der Waals surface area contributed by atoms with E-state index in [0.717, 1.165) is 12.8 Å². The van der Waals surface area contributed by atoms with Crippen molar-refractivity contribution in [3.63, 3.8) is 0 Å². The number of carboxylic acid groups (broad SMARTS) is 1. The molecule has 0 aromatic rings. The Bertz CT molecular complexity index is 102. The van der Waals surface area contributed by atoms with Crippen molar-refractivity contribution in [2.24, 2.45) is 0 Å². The predicted molar refractivity (Wildman–Crippen MR) is 49.0 cm³/mol. The fraction of sp³-hybridized carbons (Fsp3) is 0.875. The molecule has 0 aromatic carbocycles. The molecule has 0 unspecified atom stereocenters. The van der Waals surface area contributed by atoms with Gasteiger partial charge < -0.3 is 7.96 Å². The van der Waals surface area contributed by atoms with E-state index in [0.29, 0.717) is 6.42 Å². The van der Waals surface area contributed by atoms with Crippen molar-refractivity contribution in [3.05, 3.63) is 0 Å². The van der Waals surface area contributed by atoms with Gasteiger partial charge in [-0.1, -0.05) is 32.6 Å². The van der Waals surface area contributed by atoms with Crippen LogP contribution < -0.4 is 0 Å². The molecule has 0 spiro atoms. The molecule has 0 aliphatic rings. The Labute approximate surface area is 87.5 Å². The average molecular weight is 171 g/mol. The van der Waals surface area contributed by atoms with E-state index in [9.17, 15) is 4.79 Å². The number of hydrogen-bond acceptors (Lipinski definition) is 1. The molecule has 0 heterocycles. The quantitative estimate of drug-likeness (QED) is 0.491. The minimum absolute atomic E-state index is 0. The van der Waals surface area contributed by atoms with E-state index in [2.05, 4.69) is 6.92 Å². The maximum Gasteiger partial charge on any atom is 2.00 e. The molecule has 64 valence electrons. The van der Waals surface area contributed by atoms with E-state index in [1.807, 2.05) is 0 Å². The Hall–Kier alpha value is 0.236. The minimum atomic E-state index is -0.670. The summed E-state index contributed by atoms with van der Waals surface area (Å²) in [5.74, 6) is -0.670. The molecular weight excluding hydrogens is 152 g/mol. The van der Waals surface area contributed by atoms with E-state index in [4.69, 9.17) is 5.11 Å². The van der Waals surface area contributed by atoms with Crippen LogP contribution in [0.15, 0.2) is 0 Å². The summed E-state index contributed by atoms with van der Waals surface area (Å²) in [6.45, 7) is 2.15. The molecule has 0 aromatic heterocycles. The van der Waals surface area contributed by atoms with Crippen molar-refractivity contribution < 1.29 is 12.8 Å². The Kier molecular flexibility index (Phi) is 12.8. The molecule has 11 heavy (non-hydrogen) atoms. The smallest absolute Gasteiger partial charge is 1.00 e. The van der Waals surface area contributed by atoms with Crippen LogP contribution in [0.1, 0.15) is 48.3 Å². The van der Waals surface area contributed by atoms with Crippen LogP contribution in [0.3, 0.4) is 0 Å². The molecule has 0 rings (SSSR count). The minimum Gasteiger partial charge on any atom is -1.00 e. The molecule has 0 atom stereocenters. The summed E-state index contributed by atoms with van der Waals surface area (Å²) in [6.07, 6.45) is 5.88. The zero-order valence-electron chi connectivity index (χ0n) is 9.31. The summed E-state index contributed by atoms with van der Waals surface area (Å²) in [5, 5.41) is 8.27. The van der Waals surface area contributed by atoms with Gasteiger partial charge in [-0.3, -0.25) is 4.79 Å². The fourth-order valence-corrected chi connectivity index (χ4v) is 0.880. The van der Waals surface area contributed by atoms with Gasteiger partial charge in [-0.15, -0.1) is 0 Å². The second kappa shape index (κ2) is 10.2. The second-order valence-corrected chi connectivity index (χ2v) is 2.56. The summed E-state index contributed by atoms with van der Waals surface area (Å²) in [5.41, 5.74) is 0. The maximum absolute atomic E-state index is 10.0. The van der Waals surface area contributed by atoms with Gasteiger partial charge in [0.1, 0.15) is 0 Å². The number of carbonyl (C=O) groups is 1. The van der Waals surface area contributed by atoms with Crippen LogP contribution >= 0.6 is 0 Å². The van der Waals surface area contributed by atoms with Gasteiger partial charge in [-0.2, -0.15) is 0 Å². The third-order valence-electron chi connectivity index (χ3n) is 1.49.